The molecule has 0 aliphatic carbocycles. The molecule has 2 aromatic heterocycles. The fourth-order valence-electron chi connectivity index (χ4n) is 2.01. The van der Waals surface area contributed by atoms with Crippen LogP contribution in [0.4, 0.5) is 5.82 Å². The molecule has 0 saturated carbocycles. The summed E-state index contributed by atoms with van der Waals surface area (Å²) >= 11 is 0. The maximum Gasteiger partial charge on any atom is 0.263 e. The fourth-order valence-corrected chi connectivity index (χ4v) is 2.01. The highest BCUT2D eigenvalue weighted by atomic mass is 16.3. The molecule has 0 aliphatic heterocycles. The second-order valence-electron chi connectivity index (χ2n) is 4.38. The number of benzene rings is 1. The van der Waals surface area contributed by atoms with E-state index in [4.69, 9.17) is 5.73 Å². The molecule has 0 fully saturated rings. The Hall–Kier alpha value is -2.76. The fraction of sp³-hybridized carbons (Fsp3) is 0.0769. The van der Waals surface area contributed by atoms with Crippen molar-refractivity contribution in [2.75, 3.05) is 5.73 Å². The van der Waals surface area contributed by atoms with Crippen LogP contribution in [-0.4, -0.2) is 19.9 Å². The number of hydrogen-bond acceptors (Lipinski definition) is 4. The molecule has 0 amide bonds. The number of aromatic nitrogens is 3. The van der Waals surface area contributed by atoms with E-state index in [2.05, 4.69) is 10.1 Å². The number of nitrogens with one attached hydrogen (secondary N) is 1. The number of aromatic hydroxyl groups is 1. The highest BCUT2D eigenvalue weighted by Gasteiger charge is 2.14. The van der Waals surface area contributed by atoms with Crippen LogP contribution >= 0.6 is 0 Å². The van der Waals surface area contributed by atoms with Crippen molar-refractivity contribution in [3.05, 3.63) is 46.2 Å². The van der Waals surface area contributed by atoms with Crippen LogP contribution in [0.2, 0.25) is 0 Å². The zero-order valence-corrected chi connectivity index (χ0v) is 10.2. The number of aryl methyl sites for hydroxylation is 1. The van der Waals surface area contributed by atoms with E-state index in [1.54, 1.807) is 0 Å². The Balaban J connectivity index is 2.31. The quantitative estimate of drug-likeness (QED) is 0.611. The Morgan fingerprint density at radius 2 is 2.00 bits per heavy atom. The van der Waals surface area contributed by atoms with Crippen molar-refractivity contribution in [3.63, 3.8) is 0 Å². The molecule has 0 unspecified atom stereocenters. The highest BCUT2D eigenvalue weighted by Crippen LogP contribution is 2.22. The Morgan fingerprint density at radius 3 is 2.68 bits per heavy atom. The van der Waals surface area contributed by atoms with E-state index < -0.39 is 5.56 Å². The minimum atomic E-state index is -0.453. The zero-order valence-electron chi connectivity index (χ0n) is 10.2. The Kier molecular flexibility index (Phi) is 2.31. The number of anilines is 1. The van der Waals surface area contributed by atoms with Gasteiger partial charge in [-0.15, -0.1) is 0 Å². The number of nitrogens with zero attached hydrogens (tertiary/aromatic N) is 2. The molecular formula is C13H12N4O2. The van der Waals surface area contributed by atoms with Crippen LogP contribution in [0.1, 0.15) is 5.56 Å². The molecule has 19 heavy (non-hydrogen) atoms. The standard InChI is InChI=1S/C13H12N4O2/c1-7-2-4-8(5-3-7)17-12(14)11-9(16-17)6-10(18)15-13(11)19/h2-6,18H,14H2,1H3,(H,15,19). The number of nitrogens with two attached hydrogens (primary N) is 1. The van der Waals surface area contributed by atoms with E-state index in [-0.39, 0.29) is 17.1 Å². The van der Waals surface area contributed by atoms with Crippen molar-refractivity contribution in [1.29, 1.82) is 0 Å². The van der Waals surface area contributed by atoms with E-state index in [1.807, 2.05) is 31.2 Å². The molecular weight excluding hydrogens is 244 g/mol. The van der Waals surface area contributed by atoms with E-state index in [1.165, 1.54) is 10.7 Å². The largest absolute Gasteiger partial charge is 0.494 e. The van der Waals surface area contributed by atoms with Gasteiger partial charge in [-0.05, 0) is 19.1 Å². The second-order valence-corrected chi connectivity index (χ2v) is 4.38. The van der Waals surface area contributed by atoms with Gasteiger partial charge in [0, 0.05) is 6.07 Å². The third kappa shape index (κ3) is 1.74. The van der Waals surface area contributed by atoms with Crippen LogP contribution in [-0.2, 0) is 0 Å². The van der Waals surface area contributed by atoms with Crippen molar-refractivity contribution in [1.82, 2.24) is 14.8 Å². The minimum absolute atomic E-state index is 0.231. The van der Waals surface area contributed by atoms with Crippen molar-refractivity contribution in [3.8, 4) is 11.6 Å². The molecule has 0 aliphatic rings. The molecule has 6 heteroatoms. The van der Waals surface area contributed by atoms with Crippen molar-refractivity contribution in [2.45, 2.75) is 6.92 Å². The molecule has 0 atom stereocenters. The number of rotatable bonds is 1. The molecule has 4 N–H and O–H groups in total. The number of pyridine rings is 1. The maximum atomic E-state index is 11.8. The Bertz CT molecular complexity index is 815. The van der Waals surface area contributed by atoms with Crippen LogP contribution in [0, 0.1) is 6.92 Å². The molecule has 0 bridgehead atoms. The molecule has 3 aromatic rings. The van der Waals surface area contributed by atoms with E-state index >= 15 is 0 Å². The smallest absolute Gasteiger partial charge is 0.263 e. The monoisotopic (exact) mass is 256 g/mol. The van der Waals surface area contributed by atoms with Crippen LogP contribution < -0.4 is 11.3 Å². The van der Waals surface area contributed by atoms with E-state index in [0.717, 1.165) is 11.3 Å². The lowest BCUT2D eigenvalue weighted by atomic mass is 10.2. The summed E-state index contributed by atoms with van der Waals surface area (Å²) in [6.07, 6.45) is 0. The maximum absolute atomic E-state index is 11.8. The lowest BCUT2D eigenvalue weighted by molar-refractivity contribution is 0.453. The van der Waals surface area contributed by atoms with Gasteiger partial charge in [-0.2, -0.15) is 5.10 Å². The van der Waals surface area contributed by atoms with Gasteiger partial charge in [-0.3, -0.25) is 9.78 Å². The summed E-state index contributed by atoms with van der Waals surface area (Å²) in [4.78, 5) is 14.1. The second kappa shape index (κ2) is 3.88. The predicted molar refractivity (Wildman–Crippen MR) is 72.5 cm³/mol. The molecule has 0 saturated heterocycles. The summed E-state index contributed by atoms with van der Waals surface area (Å²) in [6.45, 7) is 1.98. The summed E-state index contributed by atoms with van der Waals surface area (Å²) in [7, 11) is 0. The first-order valence-corrected chi connectivity index (χ1v) is 5.74. The molecule has 1 aromatic carbocycles. The van der Waals surface area contributed by atoms with Gasteiger partial charge in [0.05, 0.1) is 5.69 Å². The number of hydrogen-bond donors (Lipinski definition) is 3. The first-order valence-electron chi connectivity index (χ1n) is 5.74. The van der Waals surface area contributed by atoms with Crippen LogP contribution in [0.3, 0.4) is 0 Å². The van der Waals surface area contributed by atoms with Gasteiger partial charge in [0.2, 0.25) is 0 Å². The molecule has 0 spiro atoms. The number of nitrogen functional groups attached to an aromatic ring is 1. The predicted octanol–water partition coefficient (Wildman–Crippen LogP) is 1.31. The molecule has 96 valence electrons. The van der Waals surface area contributed by atoms with Gasteiger partial charge in [0.25, 0.3) is 5.56 Å². The summed E-state index contributed by atoms with van der Waals surface area (Å²) < 4.78 is 1.48. The van der Waals surface area contributed by atoms with Gasteiger partial charge in [-0.1, -0.05) is 17.7 Å². The van der Waals surface area contributed by atoms with E-state index in [9.17, 15) is 9.90 Å². The van der Waals surface area contributed by atoms with Gasteiger partial charge in [0.1, 0.15) is 16.7 Å². The molecule has 2 heterocycles. The molecule has 3 rings (SSSR count). The normalized spacial score (nSPS) is 11.0. The summed E-state index contributed by atoms with van der Waals surface area (Å²) in [5.41, 5.74) is 7.75. The highest BCUT2D eigenvalue weighted by molar-refractivity contribution is 5.89. The molecule has 6 nitrogen and oxygen atoms in total. The zero-order chi connectivity index (χ0) is 13.6. The molecule has 0 radical (unpaired) electrons. The average molecular weight is 256 g/mol. The lowest BCUT2D eigenvalue weighted by Gasteiger charge is -2.03. The summed E-state index contributed by atoms with van der Waals surface area (Å²) in [5.74, 6) is 0.0196. The minimum Gasteiger partial charge on any atom is -0.494 e. The summed E-state index contributed by atoms with van der Waals surface area (Å²) in [5, 5.41) is 13.9. The van der Waals surface area contributed by atoms with Gasteiger partial charge < -0.3 is 10.8 Å². The summed E-state index contributed by atoms with van der Waals surface area (Å²) in [6, 6.07) is 8.97. The number of fused-ring (bicyclic) bond motifs is 1. The van der Waals surface area contributed by atoms with Gasteiger partial charge >= 0.3 is 0 Å². The van der Waals surface area contributed by atoms with Gasteiger partial charge in [0.15, 0.2) is 5.88 Å². The van der Waals surface area contributed by atoms with Crippen LogP contribution in [0.5, 0.6) is 5.88 Å². The topological polar surface area (TPSA) is 96.9 Å². The first kappa shape index (κ1) is 11.3. The average Bonchev–Trinajstić information content (AvgIpc) is 2.67. The third-order valence-electron chi connectivity index (χ3n) is 2.97. The lowest BCUT2D eigenvalue weighted by Crippen LogP contribution is -2.07. The first-order chi connectivity index (χ1) is 9.06. The number of aromatic amines is 1. The SMILES string of the molecule is Cc1ccc(-n2nc3cc(O)[nH]c(=O)c3c2N)cc1. The third-order valence-corrected chi connectivity index (χ3v) is 2.97. The van der Waals surface area contributed by atoms with Crippen molar-refractivity contribution in [2.24, 2.45) is 0 Å². The van der Waals surface area contributed by atoms with Crippen molar-refractivity contribution < 1.29 is 5.11 Å². The van der Waals surface area contributed by atoms with Crippen LogP contribution in [0.25, 0.3) is 16.6 Å². The van der Waals surface area contributed by atoms with E-state index in [0.29, 0.717) is 5.52 Å². The van der Waals surface area contributed by atoms with Gasteiger partial charge in [-0.25, -0.2) is 4.68 Å². The van der Waals surface area contributed by atoms with Crippen molar-refractivity contribution >= 4 is 16.7 Å². The Morgan fingerprint density at radius 1 is 1.32 bits per heavy atom. The van der Waals surface area contributed by atoms with Crippen LogP contribution in [0.15, 0.2) is 35.1 Å². The number of H-pyrrole nitrogens is 1. The Labute approximate surface area is 108 Å².